The van der Waals surface area contributed by atoms with E-state index < -0.39 is 10.1 Å². The van der Waals surface area contributed by atoms with Crippen LogP contribution in [0.5, 0.6) is 0 Å². The summed E-state index contributed by atoms with van der Waals surface area (Å²) in [4.78, 5) is 0. The van der Waals surface area contributed by atoms with Crippen LogP contribution >= 0.6 is 0 Å². The van der Waals surface area contributed by atoms with Gasteiger partial charge in [-0.25, -0.2) is 0 Å². The van der Waals surface area contributed by atoms with Gasteiger partial charge in [0, 0.05) is 6.54 Å². The summed E-state index contributed by atoms with van der Waals surface area (Å²) in [7, 11) is -1.86. The number of rotatable bonds is 2. The SMILES string of the molecule is CNCCO.CS(=O)(=O)O. The molecule has 0 aliphatic rings. The van der Waals surface area contributed by atoms with Crippen molar-refractivity contribution in [3.8, 4) is 0 Å². The number of hydrogen-bond donors (Lipinski definition) is 3. The van der Waals surface area contributed by atoms with Gasteiger partial charge in [-0.05, 0) is 7.05 Å². The molecule has 0 aromatic heterocycles. The third kappa shape index (κ3) is 109. The van der Waals surface area contributed by atoms with Crippen LogP contribution in [0.2, 0.25) is 0 Å². The van der Waals surface area contributed by atoms with Crippen LogP contribution < -0.4 is 5.32 Å². The van der Waals surface area contributed by atoms with Crippen molar-refractivity contribution in [2.24, 2.45) is 0 Å². The summed E-state index contributed by atoms with van der Waals surface area (Å²) < 4.78 is 25.9. The number of hydrogen-bond acceptors (Lipinski definition) is 4. The second kappa shape index (κ2) is 6.94. The van der Waals surface area contributed by atoms with E-state index in [1.807, 2.05) is 0 Å². The molecule has 0 radical (unpaired) electrons. The number of nitrogens with one attached hydrogen (secondary N) is 1. The quantitative estimate of drug-likeness (QED) is 0.450. The van der Waals surface area contributed by atoms with Gasteiger partial charge in [-0.1, -0.05) is 0 Å². The largest absolute Gasteiger partial charge is 0.395 e. The van der Waals surface area contributed by atoms with E-state index in [1.54, 1.807) is 7.05 Å². The van der Waals surface area contributed by atoms with Crippen LogP contribution in [-0.4, -0.2) is 44.5 Å². The molecule has 0 aromatic carbocycles. The molecule has 0 heterocycles. The molecular weight excluding hydrogens is 158 g/mol. The van der Waals surface area contributed by atoms with E-state index in [4.69, 9.17) is 9.66 Å². The van der Waals surface area contributed by atoms with Crippen LogP contribution in [0.15, 0.2) is 0 Å². The fourth-order valence-corrected chi connectivity index (χ4v) is 0.112. The molecule has 0 rings (SSSR count). The summed E-state index contributed by atoms with van der Waals surface area (Å²) in [6, 6.07) is 0. The second-order valence-electron chi connectivity index (χ2n) is 1.56. The standard InChI is InChI=1S/C3H9NO.CH4O3S/c1-4-2-3-5;1-5(2,3)4/h4-5H,2-3H2,1H3;1H3,(H,2,3,4). The molecule has 3 N–H and O–H groups in total. The summed E-state index contributed by atoms with van der Waals surface area (Å²) in [5.74, 6) is 0. The van der Waals surface area contributed by atoms with Gasteiger partial charge in [0.05, 0.1) is 12.9 Å². The van der Waals surface area contributed by atoms with Crippen molar-refractivity contribution >= 4 is 10.1 Å². The summed E-state index contributed by atoms with van der Waals surface area (Å²) >= 11 is 0. The molecule has 0 bridgehead atoms. The van der Waals surface area contributed by atoms with Crippen molar-refractivity contribution in [1.82, 2.24) is 5.32 Å². The van der Waals surface area contributed by atoms with E-state index in [1.165, 1.54) is 0 Å². The predicted molar refractivity (Wildman–Crippen MR) is 38.5 cm³/mol. The number of aliphatic hydroxyl groups is 1. The Morgan fingerprint density at radius 3 is 1.80 bits per heavy atom. The lowest BCUT2D eigenvalue weighted by atomic mass is 10.7. The van der Waals surface area contributed by atoms with Crippen LogP contribution in [0.3, 0.4) is 0 Å². The van der Waals surface area contributed by atoms with Gasteiger partial charge in [0.25, 0.3) is 10.1 Å². The monoisotopic (exact) mass is 171 g/mol. The minimum atomic E-state index is -3.67. The van der Waals surface area contributed by atoms with E-state index in [2.05, 4.69) is 5.32 Å². The van der Waals surface area contributed by atoms with Gasteiger partial charge in [-0.2, -0.15) is 8.42 Å². The maximum atomic E-state index is 9.19. The summed E-state index contributed by atoms with van der Waals surface area (Å²) in [6.07, 6.45) is 0.715. The Labute approximate surface area is 60.8 Å². The van der Waals surface area contributed by atoms with Crippen molar-refractivity contribution in [3.63, 3.8) is 0 Å². The number of likely N-dealkylation sites (N-methyl/N-ethyl adjacent to an activating group) is 1. The van der Waals surface area contributed by atoms with Crippen LogP contribution in [0.4, 0.5) is 0 Å². The molecule has 0 spiro atoms. The molecule has 0 aromatic rings. The van der Waals surface area contributed by atoms with E-state index >= 15 is 0 Å². The predicted octanol–water partition coefficient (Wildman–Crippen LogP) is -1.30. The normalized spacial score (nSPS) is 10.0. The third-order valence-electron chi connectivity index (χ3n) is 0.362. The lowest BCUT2D eigenvalue weighted by Gasteiger charge is -1.84. The van der Waals surface area contributed by atoms with E-state index in [9.17, 15) is 8.42 Å². The molecule has 0 unspecified atom stereocenters. The molecular formula is C4H13NO4S. The van der Waals surface area contributed by atoms with Crippen molar-refractivity contribution in [3.05, 3.63) is 0 Å². The Bertz CT molecular complexity index is 131. The minimum Gasteiger partial charge on any atom is -0.395 e. The lowest BCUT2D eigenvalue weighted by Crippen LogP contribution is -2.10. The van der Waals surface area contributed by atoms with Gasteiger partial charge >= 0.3 is 0 Å². The molecule has 0 atom stereocenters. The first-order valence-corrected chi connectivity index (χ1v) is 4.44. The average Bonchev–Trinajstić information content (AvgIpc) is 1.63. The van der Waals surface area contributed by atoms with Gasteiger partial charge in [0.2, 0.25) is 0 Å². The molecule has 5 nitrogen and oxygen atoms in total. The fourth-order valence-electron chi connectivity index (χ4n) is 0.112. The molecule has 0 saturated carbocycles. The third-order valence-corrected chi connectivity index (χ3v) is 0.362. The fraction of sp³-hybridized carbons (Fsp3) is 1.00. The van der Waals surface area contributed by atoms with Gasteiger partial charge in [-0.3, -0.25) is 4.55 Å². The lowest BCUT2D eigenvalue weighted by molar-refractivity contribution is 0.296. The molecule has 0 fully saturated rings. The van der Waals surface area contributed by atoms with Crippen molar-refractivity contribution < 1.29 is 18.1 Å². The molecule has 0 aliphatic heterocycles. The van der Waals surface area contributed by atoms with Crippen LogP contribution in [-0.2, 0) is 10.1 Å². The second-order valence-corrected chi connectivity index (χ2v) is 3.03. The van der Waals surface area contributed by atoms with Crippen LogP contribution in [0.25, 0.3) is 0 Å². The van der Waals surface area contributed by atoms with E-state index in [0.717, 1.165) is 0 Å². The first-order chi connectivity index (χ1) is 4.41. The van der Waals surface area contributed by atoms with Gasteiger partial charge in [0.15, 0.2) is 0 Å². The molecule has 64 valence electrons. The zero-order chi connectivity index (χ0) is 8.62. The highest BCUT2D eigenvalue weighted by molar-refractivity contribution is 7.85. The molecule has 0 aliphatic carbocycles. The van der Waals surface area contributed by atoms with E-state index in [-0.39, 0.29) is 6.61 Å². The van der Waals surface area contributed by atoms with Gasteiger partial charge in [0.1, 0.15) is 0 Å². The Hall–Kier alpha value is -0.170. The zero-order valence-electron chi connectivity index (χ0n) is 6.03. The van der Waals surface area contributed by atoms with Crippen molar-refractivity contribution in [2.75, 3.05) is 26.5 Å². The zero-order valence-corrected chi connectivity index (χ0v) is 6.85. The molecule has 0 amide bonds. The van der Waals surface area contributed by atoms with Gasteiger partial charge < -0.3 is 10.4 Å². The maximum absolute atomic E-state index is 9.19. The minimum absolute atomic E-state index is 0.233. The first-order valence-electron chi connectivity index (χ1n) is 2.59. The average molecular weight is 171 g/mol. The Morgan fingerprint density at radius 2 is 1.80 bits per heavy atom. The van der Waals surface area contributed by atoms with Gasteiger partial charge in [-0.15, -0.1) is 0 Å². The molecule has 0 saturated heterocycles. The Morgan fingerprint density at radius 1 is 1.50 bits per heavy atom. The van der Waals surface area contributed by atoms with E-state index in [0.29, 0.717) is 12.8 Å². The highest BCUT2D eigenvalue weighted by Gasteiger charge is 1.81. The highest BCUT2D eigenvalue weighted by Crippen LogP contribution is 1.60. The number of aliphatic hydroxyl groups excluding tert-OH is 1. The summed E-state index contributed by atoms with van der Waals surface area (Å²) in [5, 5.41) is 10.8. The van der Waals surface area contributed by atoms with Crippen molar-refractivity contribution in [2.45, 2.75) is 0 Å². The molecule has 6 heteroatoms. The maximum Gasteiger partial charge on any atom is 0.261 e. The first kappa shape index (κ1) is 12.5. The van der Waals surface area contributed by atoms with Crippen LogP contribution in [0, 0.1) is 0 Å². The smallest absolute Gasteiger partial charge is 0.261 e. The summed E-state index contributed by atoms with van der Waals surface area (Å²) in [6.45, 7) is 0.927. The topological polar surface area (TPSA) is 86.6 Å². The summed E-state index contributed by atoms with van der Waals surface area (Å²) in [5.41, 5.74) is 0. The molecule has 10 heavy (non-hydrogen) atoms. The van der Waals surface area contributed by atoms with Crippen LogP contribution in [0.1, 0.15) is 0 Å². The Balaban J connectivity index is 0. The highest BCUT2D eigenvalue weighted by atomic mass is 32.2. The Kier molecular flexibility index (Phi) is 8.68. The van der Waals surface area contributed by atoms with Crippen molar-refractivity contribution in [1.29, 1.82) is 0 Å².